The number of alkyl halides is 1. The lowest BCUT2D eigenvalue weighted by molar-refractivity contribution is -0.114. The Morgan fingerprint density at radius 1 is 1.32 bits per heavy atom. The minimum Gasteiger partial charge on any atom is -0.304 e. The first kappa shape index (κ1) is 12.9. The maximum Gasteiger partial charge on any atom is 0.299 e. The van der Waals surface area contributed by atoms with E-state index in [2.05, 4.69) is 15.9 Å². The Balaban J connectivity index is 1.95. The molecule has 0 aromatic heterocycles. The van der Waals surface area contributed by atoms with Gasteiger partial charge in [-0.2, -0.15) is 0 Å². The first-order chi connectivity index (χ1) is 9.06. The van der Waals surface area contributed by atoms with Crippen LogP contribution in [0.25, 0.3) is 0 Å². The molecule has 1 aliphatic heterocycles. The van der Waals surface area contributed by atoms with Crippen molar-refractivity contribution in [1.82, 2.24) is 0 Å². The second kappa shape index (κ2) is 4.44. The molecular weight excluding hydrogens is 306 g/mol. The van der Waals surface area contributed by atoms with Crippen LogP contribution >= 0.6 is 15.9 Å². The Bertz CT molecular complexity index is 558. The maximum atomic E-state index is 12.2. The molecule has 0 atom stereocenters. The van der Waals surface area contributed by atoms with Crippen LogP contribution < -0.4 is 4.90 Å². The van der Waals surface area contributed by atoms with Crippen molar-refractivity contribution in [1.29, 1.82) is 0 Å². The molecule has 0 spiro atoms. The molecule has 1 aliphatic carbocycles. The number of nitrogens with zero attached hydrogens (tertiary/aromatic N) is 1. The number of benzene rings is 1. The number of aryl methyl sites for hydroxylation is 1. The summed E-state index contributed by atoms with van der Waals surface area (Å²) in [5.41, 5.74) is 2.52. The molecule has 1 heterocycles. The highest BCUT2D eigenvalue weighted by Crippen LogP contribution is 2.45. The molecular formula is C15H16BrNO2. The zero-order chi connectivity index (χ0) is 13.6. The monoisotopic (exact) mass is 321 g/mol. The Morgan fingerprint density at radius 2 is 2.05 bits per heavy atom. The van der Waals surface area contributed by atoms with E-state index in [1.54, 1.807) is 4.90 Å². The van der Waals surface area contributed by atoms with Crippen molar-refractivity contribution in [3.8, 4) is 0 Å². The fourth-order valence-electron chi connectivity index (χ4n) is 2.92. The highest BCUT2D eigenvalue weighted by Gasteiger charge is 2.43. The summed E-state index contributed by atoms with van der Waals surface area (Å²) in [4.78, 5) is 25.9. The standard InChI is InChI=1S/C15H16BrNO2/c1-10-3-4-12-11(7-10)13(18)14(19)17(12)9-15(8-16)5-2-6-15/h3-4,7H,2,5-6,8-9H2,1H3. The summed E-state index contributed by atoms with van der Waals surface area (Å²) in [6, 6.07) is 5.67. The van der Waals surface area contributed by atoms with Crippen molar-refractivity contribution in [3.05, 3.63) is 29.3 Å². The number of ketones is 1. The van der Waals surface area contributed by atoms with Gasteiger partial charge in [-0.15, -0.1) is 0 Å². The minimum absolute atomic E-state index is 0.155. The van der Waals surface area contributed by atoms with Gasteiger partial charge in [0.1, 0.15) is 0 Å². The van der Waals surface area contributed by atoms with Crippen molar-refractivity contribution < 1.29 is 9.59 Å². The SMILES string of the molecule is Cc1ccc2c(c1)C(=O)C(=O)N2CC1(CBr)CCC1. The Labute approximate surface area is 121 Å². The quantitative estimate of drug-likeness (QED) is 0.633. The van der Waals surface area contributed by atoms with Gasteiger partial charge >= 0.3 is 0 Å². The molecule has 4 heteroatoms. The summed E-state index contributed by atoms with van der Waals surface area (Å²) in [7, 11) is 0. The second-order valence-corrected chi connectivity index (χ2v) is 6.29. The van der Waals surface area contributed by atoms with Gasteiger partial charge in [-0.1, -0.05) is 34.0 Å². The molecule has 1 aromatic carbocycles. The van der Waals surface area contributed by atoms with Gasteiger partial charge in [0, 0.05) is 11.9 Å². The van der Waals surface area contributed by atoms with Crippen molar-refractivity contribution >= 4 is 33.3 Å². The molecule has 100 valence electrons. The van der Waals surface area contributed by atoms with E-state index in [0.717, 1.165) is 29.4 Å². The zero-order valence-corrected chi connectivity index (χ0v) is 12.5. The van der Waals surface area contributed by atoms with E-state index in [4.69, 9.17) is 0 Å². The van der Waals surface area contributed by atoms with E-state index >= 15 is 0 Å². The number of hydrogen-bond acceptors (Lipinski definition) is 2. The third-order valence-electron chi connectivity index (χ3n) is 4.32. The number of carbonyl (C=O) groups excluding carboxylic acids is 2. The first-order valence-electron chi connectivity index (χ1n) is 6.59. The molecule has 3 nitrogen and oxygen atoms in total. The molecule has 1 saturated carbocycles. The van der Waals surface area contributed by atoms with Crippen LogP contribution in [0, 0.1) is 12.3 Å². The Kier molecular flexibility index (Phi) is 3.01. The van der Waals surface area contributed by atoms with Crippen molar-refractivity contribution in [2.24, 2.45) is 5.41 Å². The van der Waals surface area contributed by atoms with Crippen LogP contribution in [0.5, 0.6) is 0 Å². The fourth-order valence-corrected chi connectivity index (χ4v) is 3.66. The molecule has 3 rings (SSSR count). The maximum absolute atomic E-state index is 12.2. The van der Waals surface area contributed by atoms with Gasteiger partial charge < -0.3 is 4.90 Å². The Morgan fingerprint density at radius 3 is 2.63 bits per heavy atom. The van der Waals surface area contributed by atoms with E-state index in [1.807, 2.05) is 25.1 Å². The highest BCUT2D eigenvalue weighted by atomic mass is 79.9. The molecule has 1 fully saturated rings. The molecule has 2 aliphatic rings. The molecule has 1 amide bonds. The van der Waals surface area contributed by atoms with Crippen LogP contribution in [-0.4, -0.2) is 23.6 Å². The molecule has 0 unspecified atom stereocenters. The first-order valence-corrected chi connectivity index (χ1v) is 7.71. The van der Waals surface area contributed by atoms with E-state index in [-0.39, 0.29) is 17.1 Å². The minimum atomic E-state index is -0.368. The number of hydrogen-bond donors (Lipinski definition) is 0. The number of Topliss-reactive ketones (excluding diaryl/α,β-unsaturated/α-hetero) is 1. The van der Waals surface area contributed by atoms with Crippen LogP contribution in [-0.2, 0) is 4.79 Å². The van der Waals surface area contributed by atoms with Crippen LogP contribution in [0.2, 0.25) is 0 Å². The second-order valence-electron chi connectivity index (χ2n) is 5.73. The van der Waals surface area contributed by atoms with E-state index in [1.165, 1.54) is 6.42 Å². The lowest BCUT2D eigenvalue weighted by Gasteiger charge is -2.43. The number of anilines is 1. The normalized spacial score (nSPS) is 20.4. The third-order valence-corrected chi connectivity index (χ3v) is 5.51. The number of carbonyl (C=O) groups is 2. The largest absolute Gasteiger partial charge is 0.304 e. The predicted molar refractivity (Wildman–Crippen MR) is 77.9 cm³/mol. The van der Waals surface area contributed by atoms with Gasteiger partial charge in [-0.25, -0.2) is 0 Å². The summed E-state index contributed by atoms with van der Waals surface area (Å²) < 4.78 is 0. The van der Waals surface area contributed by atoms with Crippen molar-refractivity contribution in [2.75, 3.05) is 16.8 Å². The molecule has 19 heavy (non-hydrogen) atoms. The van der Waals surface area contributed by atoms with Crippen LogP contribution in [0.15, 0.2) is 18.2 Å². The number of amides is 1. The van der Waals surface area contributed by atoms with Gasteiger partial charge in [0.2, 0.25) is 0 Å². The fraction of sp³-hybridized carbons (Fsp3) is 0.467. The van der Waals surface area contributed by atoms with Gasteiger partial charge in [0.25, 0.3) is 11.7 Å². The molecule has 0 saturated heterocycles. The van der Waals surface area contributed by atoms with Crippen LogP contribution in [0.4, 0.5) is 5.69 Å². The molecule has 0 N–H and O–H groups in total. The number of fused-ring (bicyclic) bond motifs is 1. The number of rotatable bonds is 3. The summed E-state index contributed by atoms with van der Waals surface area (Å²) in [6.07, 6.45) is 3.46. The summed E-state index contributed by atoms with van der Waals surface area (Å²) >= 11 is 3.55. The summed E-state index contributed by atoms with van der Waals surface area (Å²) in [5.74, 6) is -0.726. The van der Waals surface area contributed by atoms with E-state index < -0.39 is 0 Å². The summed E-state index contributed by atoms with van der Waals surface area (Å²) in [6.45, 7) is 2.59. The average molecular weight is 322 g/mol. The van der Waals surface area contributed by atoms with Crippen molar-refractivity contribution in [3.63, 3.8) is 0 Å². The highest BCUT2D eigenvalue weighted by molar-refractivity contribution is 9.09. The topological polar surface area (TPSA) is 37.4 Å². The average Bonchev–Trinajstić information content (AvgIpc) is 2.58. The van der Waals surface area contributed by atoms with Gasteiger partial charge in [-0.3, -0.25) is 9.59 Å². The molecule has 1 aromatic rings. The van der Waals surface area contributed by atoms with Crippen molar-refractivity contribution in [2.45, 2.75) is 26.2 Å². The van der Waals surface area contributed by atoms with Gasteiger partial charge in [0.05, 0.1) is 11.3 Å². The summed E-state index contributed by atoms with van der Waals surface area (Å²) in [5, 5.41) is 0.888. The molecule has 0 bridgehead atoms. The van der Waals surface area contributed by atoms with Gasteiger partial charge in [0.15, 0.2) is 0 Å². The predicted octanol–water partition coefficient (Wildman–Crippen LogP) is 3.09. The Hall–Kier alpha value is -1.16. The van der Waals surface area contributed by atoms with E-state index in [9.17, 15) is 9.59 Å². The zero-order valence-electron chi connectivity index (χ0n) is 10.9. The van der Waals surface area contributed by atoms with Crippen LogP contribution in [0.3, 0.4) is 0 Å². The van der Waals surface area contributed by atoms with Gasteiger partial charge in [-0.05, 0) is 37.3 Å². The lowest BCUT2D eigenvalue weighted by Crippen LogP contribution is -2.45. The molecule has 0 radical (unpaired) electrons. The number of halogens is 1. The van der Waals surface area contributed by atoms with E-state index in [0.29, 0.717) is 12.1 Å². The smallest absolute Gasteiger partial charge is 0.299 e. The lowest BCUT2D eigenvalue weighted by atomic mass is 9.70. The third kappa shape index (κ3) is 1.93. The van der Waals surface area contributed by atoms with Crippen LogP contribution in [0.1, 0.15) is 35.2 Å².